The summed E-state index contributed by atoms with van der Waals surface area (Å²) in [5.41, 5.74) is 4.21. The van der Waals surface area contributed by atoms with Crippen LogP contribution in [0.4, 0.5) is 15.8 Å². The van der Waals surface area contributed by atoms with E-state index in [4.69, 9.17) is 10.8 Å². The maximum Gasteiger partial charge on any atom is 0.274 e. The van der Waals surface area contributed by atoms with Gasteiger partial charge < -0.3 is 10.8 Å². The Labute approximate surface area is 114 Å². The number of nitro benzene ring substituents is 1. The van der Waals surface area contributed by atoms with Gasteiger partial charge in [-0.15, -0.1) is 0 Å². The Morgan fingerprint density at radius 3 is 2.50 bits per heavy atom. The van der Waals surface area contributed by atoms with E-state index in [1.165, 1.54) is 6.92 Å². The molecule has 1 unspecified atom stereocenters. The molecule has 1 aromatic carbocycles. The van der Waals surface area contributed by atoms with Gasteiger partial charge in [0.15, 0.2) is 5.82 Å². The van der Waals surface area contributed by atoms with E-state index >= 15 is 0 Å². The highest BCUT2D eigenvalue weighted by atomic mass is 32.2. The topological polar surface area (TPSA) is 127 Å². The molecule has 0 spiro atoms. The van der Waals surface area contributed by atoms with Crippen LogP contribution in [0.5, 0.6) is 0 Å². The molecule has 0 heterocycles. The number of nitrogens with zero attached hydrogens (tertiary/aromatic N) is 2. The molecule has 10 heteroatoms. The Morgan fingerprint density at radius 2 is 2.10 bits per heavy atom. The molecule has 1 atom stereocenters. The fourth-order valence-corrected chi connectivity index (χ4v) is 2.96. The van der Waals surface area contributed by atoms with Crippen molar-refractivity contribution in [1.29, 1.82) is 0 Å². The number of nitro groups is 1. The summed E-state index contributed by atoms with van der Waals surface area (Å²) in [6, 6.07) is 0.461. The summed E-state index contributed by atoms with van der Waals surface area (Å²) in [7, 11) is -3.15. The van der Waals surface area contributed by atoms with Gasteiger partial charge in [0, 0.05) is 19.2 Å². The fraction of sp³-hybridized carbons (Fsp3) is 0.400. The summed E-state index contributed by atoms with van der Waals surface area (Å²) < 4.78 is 38.9. The minimum absolute atomic E-state index is 0.468. The third kappa shape index (κ3) is 2.86. The summed E-state index contributed by atoms with van der Waals surface area (Å²) in [6.45, 7) is 0.946. The molecule has 8 nitrogen and oxygen atoms in total. The first-order valence-corrected chi connectivity index (χ1v) is 6.89. The molecule has 0 bridgehead atoms. The lowest BCUT2D eigenvalue weighted by molar-refractivity contribution is -0.385. The van der Waals surface area contributed by atoms with Crippen LogP contribution in [0, 0.1) is 15.9 Å². The third-order valence-electron chi connectivity index (χ3n) is 2.79. The molecule has 20 heavy (non-hydrogen) atoms. The molecule has 0 aliphatic carbocycles. The second kappa shape index (κ2) is 5.69. The van der Waals surface area contributed by atoms with Gasteiger partial charge in [-0.3, -0.25) is 10.1 Å². The Balaban J connectivity index is 3.44. The smallest absolute Gasteiger partial charge is 0.274 e. The molecule has 0 fully saturated rings. The van der Waals surface area contributed by atoms with Crippen LogP contribution < -0.4 is 5.73 Å². The summed E-state index contributed by atoms with van der Waals surface area (Å²) in [5.74, 6) is -1.31. The standard InChI is InChI=1S/C10H14FN3O5S/c1-6(5-15)13(2)20(18,19)10-8(11)3-7(14(16)17)4-9(10)12/h3-4,6,15H,5,12H2,1-2H3. The Bertz CT molecular complexity index is 611. The number of nitrogen functional groups attached to an aromatic ring is 1. The lowest BCUT2D eigenvalue weighted by Gasteiger charge is -2.23. The molecular weight excluding hydrogens is 293 g/mol. The van der Waals surface area contributed by atoms with Gasteiger partial charge in [0.25, 0.3) is 5.69 Å². The number of hydrogen-bond donors (Lipinski definition) is 2. The van der Waals surface area contributed by atoms with E-state index < -0.39 is 49.7 Å². The zero-order valence-corrected chi connectivity index (χ0v) is 11.6. The summed E-state index contributed by atoms with van der Waals surface area (Å²) in [4.78, 5) is 8.82. The van der Waals surface area contributed by atoms with Crippen LogP contribution in [0.15, 0.2) is 17.0 Å². The highest BCUT2D eigenvalue weighted by Gasteiger charge is 2.31. The number of nitrogens with two attached hydrogens (primary N) is 1. The molecule has 0 aliphatic rings. The normalized spacial score (nSPS) is 13.4. The molecular formula is C10H14FN3O5S. The summed E-state index contributed by atoms with van der Waals surface area (Å²) >= 11 is 0. The summed E-state index contributed by atoms with van der Waals surface area (Å²) in [5, 5.41) is 19.5. The molecule has 0 amide bonds. The van der Waals surface area contributed by atoms with Gasteiger partial charge in [0.1, 0.15) is 4.90 Å². The van der Waals surface area contributed by atoms with E-state index in [2.05, 4.69) is 0 Å². The van der Waals surface area contributed by atoms with E-state index in [1.807, 2.05) is 0 Å². The van der Waals surface area contributed by atoms with Crippen molar-refractivity contribution in [2.75, 3.05) is 19.4 Å². The number of sulfonamides is 1. The number of aliphatic hydroxyl groups is 1. The van der Waals surface area contributed by atoms with Gasteiger partial charge in [-0.2, -0.15) is 4.31 Å². The second-order valence-electron chi connectivity index (χ2n) is 4.16. The predicted octanol–water partition coefficient (Wildman–Crippen LogP) is 0.317. The Hall–Kier alpha value is -1.78. The van der Waals surface area contributed by atoms with E-state index in [0.29, 0.717) is 6.07 Å². The highest BCUT2D eigenvalue weighted by Crippen LogP contribution is 2.30. The van der Waals surface area contributed by atoms with Gasteiger partial charge in [-0.1, -0.05) is 0 Å². The number of benzene rings is 1. The Kier molecular flexibility index (Phi) is 4.63. The molecule has 0 saturated carbocycles. The minimum Gasteiger partial charge on any atom is -0.397 e. The zero-order chi connectivity index (χ0) is 15.7. The molecule has 0 radical (unpaired) electrons. The van der Waals surface area contributed by atoms with Crippen molar-refractivity contribution in [2.24, 2.45) is 0 Å². The number of anilines is 1. The van der Waals surface area contributed by atoms with Gasteiger partial charge in [-0.25, -0.2) is 12.8 Å². The van der Waals surface area contributed by atoms with E-state index in [9.17, 15) is 22.9 Å². The van der Waals surface area contributed by atoms with Crippen molar-refractivity contribution in [3.05, 3.63) is 28.1 Å². The van der Waals surface area contributed by atoms with Crippen LogP contribution in [0.3, 0.4) is 0 Å². The predicted molar refractivity (Wildman–Crippen MR) is 69.0 cm³/mol. The number of rotatable bonds is 5. The van der Waals surface area contributed by atoms with Crippen molar-refractivity contribution >= 4 is 21.4 Å². The quantitative estimate of drug-likeness (QED) is 0.458. The van der Waals surface area contributed by atoms with Crippen LogP contribution in [0.1, 0.15) is 6.92 Å². The fourth-order valence-electron chi connectivity index (χ4n) is 1.47. The van der Waals surface area contributed by atoms with E-state index in [-0.39, 0.29) is 0 Å². The van der Waals surface area contributed by atoms with Crippen LogP contribution >= 0.6 is 0 Å². The van der Waals surface area contributed by atoms with Gasteiger partial charge >= 0.3 is 0 Å². The van der Waals surface area contributed by atoms with Crippen molar-refractivity contribution < 1.29 is 22.8 Å². The third-order valence-corrected chi connectivity index (χ3v) is 4.85. The average Bonchev–Trinajstić information content (AvgIpc) is 2.35. The molecule has 112 valence electrons. The van der Waals surface area contributed by atoms with Crippen LogP contribution in [-0.2, 0) is 10.0 Å². The van der Waals surface area contributed by atoms with Gasteiger partial charge in [0.05, 0.1) is 23.3 Å². The van der Waals surface area contributed by atoms with Crippen molar-refractivity contribution in [3.8, 4) is 0 Å². The van der Waals surface area contributed by atoms with Crippen molar-refractivity contribution in [1.82, 2.24) is 4.31 Å². The molecule has 3 N–H and O–H groups in total. The lowest BCUT2D eigenvalue weighted by Crippen LogP contribution is -2.38. The number of aliphatic hydroxyl groups excluding tert-OH is 1. The SMILES string of the molecule is CC(CO)N(C)S(=O)(=O)c1c(N)cc([N+](=O)[O-])cc1F. The van der Waals surface area contributed by atoms with E-state index in [1.54, 1.807) is 0 Å². The monoisotopic (exact) mass is 307 g/mol. The number of non-ortho nitro benzene ring substituents is 1. The van der Waals surface area contributed by atoms with Crippen LogP contribution in [0.25, 0.3) is 0 Å². The number of likely N-dealkylation sites (N-methyl/N-ethyl adjacent to an activating group) is 1. The zero-order valence-electron chi connectivity index (χ0n) is 10.8. The van der Waals surface area contributed by atoms with Crippen LogP contribution in [0.2, 0.25) is 0 Å². The first-order valence-electron chi connectivity index (χ1n) is 5.45. The number of hydrogen-bond acceptors (Lipinski definition) is 6. The maximum atomic E-state index is 13.8. The van der Waals surface area contributed by atoms with Gasteiger partial charge in [-0.05, 0) is 6.92 Å². The highest BCUT2D eigenvalue weighted by molar-refractivity contribution is 7.89. The molecule has 0 aliphatic heterocycles. The second-order valence-corrected chi connectivity index (χ2v) is 6.09. The molecule has 0 saturated heterocycles. The lowest BCUT2D eigenvalue weighted by atomic mass is 10.3. The first-order chi connectivity index (χ1) is 9.12. The van der Waals surface area contributed by atoms with Crippen molar-refractivity contribution in [3.63, 3.8) is 0 Å². The minimum atomic E-state index is -4.30. The maximum absolute atomic E-state index is 13.8. The molecule has 1 aromatic rings. The average molecular weight is 307 g/mol. The van der Waals surface area contributed by atoms with Crippen molar-refractivity contribution in [2.45, 2.75) is 17.9 Å². The molecule has 0 aromatic heterocycles. The number of halogens is 1. The Morgan fingerprint density at radius 1 is 1.55 bits per heavy atom. The van der Waals surface area contributed by atoms with Crippen LogP contribution in [-0.4, -0.2) is 42.4 Å². The molecule has 1 rings (SSSR count). The largest absolute Gasteiger partial charge is 0.397 e. The summed E-state index contributed by atoms with van der Waals surface area (Å²) in [6.07, 6.45) is 0. The first kappa shape index (κ1) is 16.3. The van der Waals surface area contributed by atoms with Gasteiger partial charge in [0.2, 0.25) is 10.0 Å². The van der Waals surface area contributed by atoms with E-state index in [0.717, 1.165) is 17.4 Å².